The lowest BCUT2D eigenvalue weighted by atomic mass is 9.97. The van der Waals surface area contributed by atoms with Crippen molar-refractivity contribution in [1.29, 1.82) is 0 Å². The van der Waals surface area contributed by atoms with Gasteiger partial charge >= 0.3 is 5.97 Å². The zero-order chi connectivity index (χ0) is 22.0. The number of carbonyl (C=O) groups is 1. The van der Waals surface area contributed by atoms with E-state index in [4.69, 9.17) is 4.74 Å². The molecule has 0 amide bonds. The minimum absolute atomic E-state index is 0.243. The molecule has 2 rings (SSSR count). The molecule has 0 atom stereocenters. The number of hydrogen-bond donors (Lipinski definition) is 0. The zero-order valence-electron chi connectivity index (χ0n) is 19.4. The molecule has 2 aromatic rings. The molecule has 0 radical (unpaired) electrons. The van der Waals surface area contributed by atoms with Crippen LogP contribution in [0.2, 0.25) is 16.6 Å². The van der Waals surface area contributed by atoms with Gasteiger partial charge in [0.1, 0.15) is 19.5 Å². The van der Waals surface area contributed by atoms with Crippen LogP contribution in [0.15, 0.2) is 30.5 Å². The fraction of sp³-hybridized carbons (Fsp3) is 0.520. The van der Waals surface area contributed by atoms with Crippen molar-refractivity contribution in [3.05, 3.63) is 36.2 Å². The number of ether oxygens (including phenoxy) is 1. The summed E-state index contributed by atoms with van der Waals surface area (Å²) in [6, 6.07) is 7.62. The summed E-state index contributed by atoms with van der Waals surface area (Å²) in [6.07, 6.45) is 1.78. The molecule has 0 bridgehead atoms. The van der Waals surface area contributed by atoms with Crippen molar-refractivity contribution < 1.29 is 9.53 Å². The Morgan fingerprint density at radius 3 is 2.10 bits per heavy atom. The average Bonchev–Trinajstić information content (AvgIpc) is 2.60. The molecule has 0 fully saturated rings. The van der Waals surface area contributed by atoms with Crippen molar-refractivity contribution in [2.24, 2.45) is 5.41 Å². The molecule has 1 aromatic carbocycles. The third-order valence-electron chi connectivity index (χ3n) is 5.82. The molecule has 29 heavy (non-hydrogen) atoms. The monoisotopic (exact) mass is 409 g/mol. The van der Waals surface area contributed by atoms with Crippen molar-refractivity contribution in [2.75, 3.05) is 0 Å². The Labute approximate surface area is 177 Å². The second-order valence-electron chi connectivity index (χ2n) is 9.83. The van der Waals surface area contributed by atoms with Crippen LogP contribution in [0.5, 0.6) is 5.75 Å². The summed E-state index contributed by atoms with van der Waals surface area (Å²) >= 11 is 0. The van der Waals surface area contributed by atoms with Gasteiger partial charge in [-0.3, -0.25) is 4.79 Å². The van der Waals surface area contributed by atoms with Crippen molar-refractivity contribution in [3.63, 3.8) is 0 Å². The van der Waals surface area contributed by atoms with Crippen LogP contribution in [0.3, 0.4) is 0 Å². The van der Waals surface area contributed by atoms with E-state index in [9.17, 15) is 4.79 Å². The Kier molecular flexibility index (Phi) is 6.96. The van der Waals surface area contributed by atoms with Gasteiger partial charge in [0, 0.05) is 11.6 Å². The van der Waals surface area contributed by atoms with Gasteiger partial charge in [0.15, 0.2) is 0 Å². The van der Waals surface area contributed by atoms with Crippen LogP contribution in [-0.2, 0) is 4.79 Å². The van der Waals surface area contributed by atoms with Crippen molar-refractivity contribution >= 4 is 24.8 Å². The summed E-state index contributed by atoms with van der Waals surface area (Å²) < 4.78 is 5.55. The summed E-state index contributed by atoms with van der Waals surface area (Å²) in [7, 11) is -1.82. The summed E-state index contributed by atoms with van der Waals surface area (Å²) in [4.78, 5) is 16.7. The lowest BCUT2D eigenvalue weighted by Gasteiger charge is -2.38. The number of rotatable bonds is 4. The highest BCUT2D eigenvalue weighted by Crippen LogP contribution is 2.40. The Morgan fingerprint density at radius 2 is 1.59 bits per heavy atom. The summed E-state index contributed by atoms with van der Waals surface area (Å²) in [5.41, 5.74) is 5.74. The predicted octanol–water partition coefficient (Wildman–Crippen LogP) is 6.76. The van der Waals surface area contributed by atoms with E-state index in [1.54, 1.807) is 6.20 Å². The normalized spacial score (nSPS) is 12.4. The van der Waals surface area contributed by atoms with Crippen molar-refractivity contribution in [1.82, 2.24) is 4.98 Å². The van der Waals surface area contributed by atoms with Crippen LogP contribution < -0.4 is 4.74 Å². The van der Waals surface area contributed by atoms with Crippen LogP contribution in [0.1, 0.15) is 68.0 Å². The Morgan fingerprint density at radius 1 is 1.00 bits per heavy atom. The minimum Gasteiger partial charge on any atom is -0.426 e. The van der Waals surface area contributed by atoms with Gasteiger partial charge in [-0.15, -0.1) is 5.54 Å². The summed E-state index contributed by atoms with van der Waals surface area (Å²) in [5, 5.41) is 1.98. The molecule has 0 aliphatic carbocycles. The highest BCUT2D eigenvalue weighted by atomic mass is 28.3. The number of carbonyl (C=O) groups excluding carboxylic acids is 1. The largest absolute Gasteiger partial charge is 0.426 e. The lowest BCUT2D eigenvalue weighted by Crippen LogP contribution is -2.43. The number of aromatic nitrogens is 1. The van der Waals surface area contributed by atoms with Gasteiger partial charge in [0.05, 0.1) is 5.41 Å². The molecule has 1 heterocycles. The summed E-state index contributed by atoms with van der Waals surface area (Å²) in [5.74, 6) is 3.76. The molecular formula is C25H35NO2Si. The van der Waals surface area contributed by atoms with Crippen molar-refractivity contribution in [3.8, 4) is 17.2 Å². The first-order valence-electron chi connectivity index (χ1n) is 10.5. The molecule has 0 aliphatic rings. The molecule has 4 heteroatoms. The molecule has 0 spiro atoms. The van der Waals surface area contributed by atoms with E-state index in [-0.39, 0.29) is 5.97 Å². The predicted molar refractivity (Wildman–Crippen MR) is 125 cm³/mol. The molecular weight excluding hydrogens is 374 g/mol. The Balaban J connectivity index is 2.49. The molecule has 0 unspecified atom stereocenters. The second kappa shape index (κ2) is 8.71. The Hall–Kier alpha value is -2.12. The van der Waals surface area contributed by atoms with Gasteiger partial charge in [-0.1, -0.05) is 47.5 Å². The van der Waals surface area contributed by atoms with Gasteiger partial charge in [-0.25, -0.2) is 4.98 Å². The number of hydrogen-bond acceptors (Lipinski definition) is 3. The molecule has 0 saturated carbocycles. The number of pyridine rings is 1. The third kappa shape index (κ3) is 4.90. The van der Waals surface area contributed by atoms with Crippen LogP contribution in [0, 0.1) is 16.9 Å². The molecule has 0 aliphatic heterocycles. The highest BCUT2D eigenvalue weighted by molar-refractivity contribution is 6.90. The standard InChI is InChI=1S/C25H35NO2Si/c1-17(2)29(18(3)4,19(5)6)15-13-23-22-11-10-21(16-20(22)12-14-26-23)28-24(27)25(7,8)9/h10-12,14,16-19H,1-9H3. The number of nitrogens with zero attached hydrogens (tertiary/aromatic N) is 1. The average molecular weight is 410 g/mol. The first-order valence-corrected chi connectivity index (χ1v) is 12.8. The number of benzene rings is 1. The lowest BCUT2D eigenvalue weighted by molar-refractivity contribution is -0.142. The van der Waals surface area contributed by atoms with E-state index < -0.39 is 13.5 Å². The van der Waals surface area contributed by atoms with Crippen LogP contribution in [-0.4, -0.2) is 19.0 Å². The quantitative estimate of drug-likeness (QED) is 0.242. The molecule has 1 aromatic heterocycles. The SMILES string of the molecule is CC(C)[Si](C#Cc1nccc2cc(OC(=O)C(C)(C)C)ccc12)(C(C)C)C(C)C. The van der Waals surface area contributed by atoms with Gasteiger partial charge in [-0.05, 0) is 67.0 Å². The van der Waals surface area contributed by atoms with E-state index in [0.29, 0.717) is 22.4 Å². The van der Waals surface area contributed by atoms with Gasteiger partial charge < -0.3 is 4.74 Å². The highest BCUT2D eigenvalue weighted by Gasteiger charge is 2.41. The first-order chi connectivity index (χ1) is 13.4. The molecule has 156 valence electrons. The van der Waals surface area contributed by atoms with Gasteiger partial charge in [0.2, 0.25) is 0 Å². The topological polar surface area (TPSA) is 39.2 Å². The smallest absolute Gasteiger partial charge is 0.316 e. The fourth-order valence-corrected chi connectivity index (χ4v) is 9.38. The molecule has 0 saturated heterocycles. The van der Waals surface area contributed by atoms with E-state index in [1.807, 2.05) is 45.0 Å². The maximum atomic E-state index is 12.2. The summed E-state index contributed by atoms with van der Waals surface area (Å²) in [6.45, 7) is 19.4. The van der Waals surface area contributed by atoms with E-state index in [1.165, 1.54) is 0 Å². The number of fused-ring (bicyclic) bond motifs is 1. The third-order valence-corrected chi connectivity index (χ3v) is 12.1. The van der Waals surface area contributed by atoms with Gasteiger partial charge in [0.25, 0.3) is 0 Å². The van der Waals surface area contributed by atoms with Crippen LogP contribution >= 0.6 is 0 Å². The van der Waals surface area contributed by atoms with Crippen molar-refractivity contribution in [2.45, 2.75) is 78.9 Å². The maximum absolute atomic E-state index is 12.2. The molecule has 0 N–H and O–H groups in total. The van der Waals surface area contributed by atoms with E-state index in [0.717, 1.165) is 16.5 Å². The van der Waals surface area contributed by atoms with Crippen LogP contribution in [0.4, 0.5) is 0 Å². The first kappa shape index (κ1) is 23.2. The van der Waals surface area contributed by atoms with E-state index >= 15 is 0 Å². The maximum Gasteiger partial charge on any atom is 0.316 e. The molecule has 3 nitrogen and oxygen atoms in total. The fourth-order valence-electron chi connectivity index (χ4n) is 4.18. The van der Waals surface area contributed by atoms with E-state index in [2.05, 4.69) is 58.0 Å². The van der Waals surface area contributed by atoms with Crippen LogP contribution in [0.25, 0.3) is 10.8 Å². The Bertz CT molecular complexity index is 921. The number of esters is 1. The minimum atomic E-state index is -1.82. The second-order valence-corrected chi connectivity index (χ2v) is 15.4. The zero-order valence-corrected chi connectivity index (χ0v) is 20.4. The van der Waals surface area contributed by atoms with Gasteiger partial charge in [-0.2, -0.15) is 0 Å².